The van der Waals surface area contributed by atoms with Crippen LogP contribution >= 0.6 is 0 Å². The van der Waals surface area contributed by atoms with E-state index >= 15 is 0 Å². The van der Waals surface area contributed by atoms with Crippen molar-refractivity contribution in [3.05, 3.63) is 35.6 Å². The van der Waals surface area contributed by atoms with E-state index < -0.39 is 0 Å². The summed E-state index contributed by atoms with van der Waals surface area (Å²) in [6.07, 6.45) is -0.150. The molecule has 1 aliphatic heterocycles. The maximum absolute atomic E-state index is 13.0. The number of hydrogen-bond donors (Lipinski definition) is 1. The summed E-state index contributed by atoms with van der Waals surface area (Å²) in [6.45, 7) is 5.54. The third kappa shape index (κ3) is 6.23. The van der Waals surface area contributed by atoms with E-state index in [9.17, 15) is 18.8 Å². The van der Waals surface area contributed by atoms with Gasteiger partial charge in [0.25, 0.3) is 0 Å². The second-order valence-electron chi connectivity index (χ2n) is 6.50. The average molecular weight is 379 g/mol. The number of halogens is 1. The Morgan fingerprint density at radius 1 is 1.11 bits per heavy atom. The molecule has 7 nitrogen and oxygen atoms in total. The minimum absolute atomic E-state index is 0.0750. The van der Waals surface area contributed by atoms with Crippen molar-refractivity contribution < 1.29 is 23.5 Å². The number of hydrogen-bond acceptors (Lipinski definition) is 4. The van der Waals surface area contributed by atoms with E-state index in [0.717, 1.165) is 5.56 Å². The lowest BCUT2D eigenvalue weighted by molar-refractivity contribution is -0.134. The van der Waals surface area contributed by atoms with E-state index in [1.54, 1.807) is 28.9 Å². The Kier molecular flexibility index (Phi) is 7.57. The molecule has 1 N–H and O–H groups in total. The Morgan fingerprint density at radius 2 is 1.70 bits per heavy atom. The van der Waals surface area contributed by atoms with Crippen LogP contribution in [-0.2, 0) is 14.3 Å². The molecule has 1 heterocycles. The summed E-state index contributed by atoms with van der Waals surface area (Å²) < 4.78 is 17.9. The number of nitrogens with zero attached hydrogens (tertiary/aromatic N) is 2. The maximum atomic E-state index is 13.0. The number of amides is 3. The number of ether oxygens (including phenoxy) is 1. The summed E-state index contributed by atoms with van der Waals surface area (Å²) in [7, 11) is 0. The van der Waals surface area contributed by atoms with E-state index in [0.29, 0.717) is 32.8 Å². The van der Waals surface area contributed by atoms with Crippen LogP contribution in [-0.4, -0.2) is 67.0 Å². The molecule has 0 spiro atoms. The van der Waals surface area contributed by atoms with Crippen molar-refractivity contribution >= 4 is 17.9 Å². The topological polar surface area (TPSA) is 79.0 Å². The van der Waals surface area contributed by atoms with Gasteiger partial charge in [0.1, 0.15) is 5.82 Å². The Hall–Kier alpha value is -2.64. The van der Waals surface area contributed by atoms with Crippen molar-refractivity contribution in [2.24, 2.45) is 0 Å². The van der Waals surface area contributed by atoms with Gasteiger partial charge in [0.05, 0.1) is 13.2 Å². The molecule has 148 valence electrons. The summed E-state index contributed by atoms with van der Waals surface area (Å²) in [5, 5.41) is 2.64. The molecule has 0 bridgehead atoms. The van der Waals surface area contributed by atoms with Crippen molar-refractivity contribution in [1.29, 1.82) is 0 Å². The van der Waals surface area contributed by atoms with Crippen LogP contribution in [0, 0.1) is 5.82 Å². The molecule has 3 amide bonds. The van der Waals surface area contributed by atoms with Gasteiger partial charge >= 0.3 is 6.09 Å². The Morgan fingerprint density at radius 3 is 2.30 bits per heavy atom. The zero-order valence-electron chi connectivity index (χ0n) is 15.7. The summed E-state index contributed by atoms with van der Waals surface area (Å²) in [5.41, 5.74) is 0.868. The third-order valence-electron chi connectivity index (χ3n) is 4.53. The van der Waals surface area contributed by atoms with Gasteiger partial charge in [-0.1, -0.05) is 19.1 Å². The van der Waals surface area contributed by atoms with Crippen molar-refractivity contribution in [2.75, 3.05) is 39.3 Å². The molecule has 8 heteroatoms. The first kappa shape index (κ1) is 20.7. The molecule has 2 rings (SSSR count). The fraction of sp³-hybridized carbons (Fsp3) is 0.526. The van der Waals surface area contributed by atoms with Gasteiger partial charge in [-0.15, -0.1) is 0 Å². The van der Waals surface area contributed by atoms with E-state index in [1.807, 2.05) is 6.92 Å². The normalized spacial score (nSPS) is 15.2. The van der Waals surface area contributed by atoms with Crippen molar-refractivity contribution in [1.82, 2.24) is 15.1 Å². The lowest BCUT2D eigenvalue weighted by Crippen LogP contribution is -2.52. The van der Waals surface area contributed by atoms with Crippen LogP contribution in [0.4, 0.5) is 9.18 Å². The average Bonchev–Trinajstić information content (AvgIpc) is 2.67. The quantitative estimate of drug-likeness (QED) is 0.817. The summed E-state index contributed by atoms with van der Waals surface area (Å²) in [5.74, 6) is -0.801. The van der Waals surface area contributed by atoms with E-state index in [-0.39, 0.29) is 42.6 Å². The van der Waals surface area contributed by atoms with Gasteiger partial charge in [-0.3, -0.25) is 9.59 Å². The predicted octanol–water partition coefficient (Wildman–Crippen LogP) is 1.74. The van der Waals surface area contributed by atoms with Gasteiger partial charge < -0.3 is 19.9 Å². The molecule has 0 radical (unpaired) electrons. The molecule has 1 saturated heterocycles. The lowest BCUT2D eigenvalue weighted by Gasteiger charge is -2.34. The van der Waals surface area contributed by atoms with Crippen LogP contribution in [0.3, 0.4) is 0 Å². The monoisotopic (exact) mass is 379 g/mol. The van der Waals surface area contributed by atoms with Crippen molar-refractivity contribution in [3.63, 3.8) is 0 Å². The maximum Gasteiger partial charge on any atom is 0.409 e. The van der Waals surface area contributed by atoms with E-state index in [4.69, 9.17) is 4.74 Å². The molecule has 0 aliphatic carbocycles. The minimum Gasteiger partial charge on any atom is -0.450 e. The largest absolute Gasteiger partial charge is 0.450 e. The number of benzene rings is 1. The fourth-order valence-corrected chi connectivity index (χ4v) is 2.90. The first-order valence-corrected chi connectivity index (χ1v) is 9.12. The highest BCUT2D eigenvalue weighted by molar-refractivity contribution is 5.85. The molecule has 0 aromatic heterocycles. The molecule has 1 aromatic rings. The van der Waals surface area contributed by atoms with Gasteiger partial charge in [0.2, 0.25) is 11.8 Å². The SMILES string of the molecule is CCOC(=O)N1CCN(C(=O)CNC(=O)CC(C)c2ccc(F)cc2)CC1. The fourth-order valence-electron chi connectivity index (χ4n) is 2.90. The highest BCUT2D eigenvalue weighted by atomic mass is 19.1. The molecule has 27 heavy (non-hydrogen) atoms. The van der Waals surface area contributed by atoms with Gasteiger partial charge in [0, 0.05) is 32.6 Å². The van der Waals surface area contributed by atoms with Crippen LogP contribution < -0.4 is 5.32 Å². The molecule has 1 aliphatic rings. The number of carbonyl (C=O) groups is 3. The van der Waals surface area contributed by atoms with Crippen LogP contribution in [0.1, 0.15) is 31.7 Å². The lowest BCUT2D eigenvalue weighted by atomic mass is 9.97. The second-order valence-corrected chi connectivity index (χ2v) is 6.50. The summed E-state index contributed by atoms with van der Waals surface area (Å²) in [6, 6.07) is 6.04. The van der Waals surface area contributed by atoms with Crippen LogP contribution in [0.25, 0.3) is 0 Å². The van der Waals surface area contributed by atoms with Gasteiger partial charge in [-0.2, -0.15) is 0 Å². The molecular weight excluding hydrogens is 353 g/mol. The molecule has 0 saturated carbocycles. The molecule has 1 atom stereocenters. The standard InChI is InChI=1S/C19H26FN3O4/c1-3-27-19(26)23-10-8-22(9-11-23)18(25)13-21-17(24)12-14(2)15-4-6-16(20)7-5-15/h4-7,14H,3,8-13H2,1-2H3,(H,21,24). The Labute approximate surface area is 158 Å². The third-order valence-corrected chi connectivity index (χ3v) is 4.53. The van der Waals surface area contributed by atoms with Crippen LogP contribution in [0.2, 0.25) is 0 Å². The van der Waals surface area contributed by atoms with Crippen LogP contribution in [0.15, 0.2) is 24.3 Å². The number of nitrogens with one attached hydrogen (secondary N) is 1. The number of carbonyl (C=O) groups excluding carboxylic acids is 3. The zero-order valence-corrected chi connectivity index (χ0v) is 15.7. The van der Waals surface area contributed by atoms with E-state index in [2.05, 4.69) is 5.32 Å². The smallest absolute Gasteiger partial charge is 0.409 e. The molecule has 1 unspecified atom stereocenters. The summed E-state index contributed by atoms with van der Waals surface area (Å²) >= 11 is 0. The molecule has 1 aromatic carbocycles. The zero-order chi connectivity index (χ0) is 19.8. The molecular formula is C19H26FN3O4. The highest BCUT2D eigenvalue weighted by Crippen LogP contribution is 2.19. The van der Waals surface area contributed by atoms with Gasteiger partial charge in [-0.25, -0.2) is 9.18 Å². The number of piperazine rings is 1. The second kappa shape index (κ2) is 9.89. The highest BCUT2D eigenvalue weighted by Gasteiger charge is 2.25. The van der Waals surface area contributed by atoms with Crippen LogP contribution in [0.5, 0.6) is 0 Å². The summed E-state index contributed by atoms with van der Waals surface area (Å²) in [4.78, 5) is 39.1. The first-order chi connectivity index (χ1) is 12.9. The Bertz CT molecular complexity index is 657. The van der Waals surface area contributed by atoms with E-state index in [1.165, 1.54) is 12.1 Å². The molecule has 1 fully saturated rings. The van der Waals surface area contributed by atoms with Gasteiger partial charge in [0.15, 0.2) is 0 Å². The Balaban J connectivity index is 1.71. The van der Waals surface area contributed by atoms with Gasteiger partial charge in [-0.05, 0) is 30.5 Å². The number of rotatable bonds is 6. The van der Waals surface area contributed by atoms with Crippen molar-refractivity contribution in [2.45, 2.75) is 26.2 Å². The minimum atomic E-state index is -0.368. The predicted molar refractivity (Wildman–Crippen MR) is 97.6 cm³/mol. The first-order valence-electron chi connectivity index (χ1n) is 9.12. The van der Waals surface area contributed by atoms with Crippen molar-refractivity contribution in [3.8, 4) is 0 Å².